The van der Waals surface area contributed by atoms with Crippen molar-refractivity contribution < 1.29 is 19.5 Å². The summed E-state index contributed by atoms with van der Waals surface area (Å²) in [5.74, 6) is -1.63. The zero-order valence-corrected chi connectivity index (χ0v) is 14.8. The first-order valence-electron chi connectivity index (χ1n) is 8.32. The normalized spacial score (nSPS) is 10.2. The summed E-state index contributed by atoms with van der Waals surface area (Å²) in [6.45, 7) is 3.68. The molecule has 0 bridgehead atoms. The van der Waals surface area contributed by atoms with Crippen molar-refractivity contribution in [2.45, 2.75) is 26.7 Å². The highest BCUT2D eigenvalue weighted by Crippen LogP contribution is 2.19. The molecule has 2 aromatic rings. The van der Waals surface area contributed by atoms with E-state index in [0.717, 1.165) is 16.8 Å². The Morgan fingerprint density at radius 3 is 2.23 bits per heavy atom. The fourth-order valence-corrected chi connectivity index (χ4v) is 2.66. The quantitative estimate of drug-likeness (QED) is 0.712. The third-order valence-corrected chi connectivity index (χ3v) is 4.06. The van der Waals surface area contributed by atoms with Gasteiger partial charge in [-0.1, -0.05) is 36.4 Å². The summed E-state index contributed by atoms with van der Waals surface area (Å²) in [5.41, 5.74) is 3.44. The van der Waals surface area contributed by atoms with E-state index < -0.39 is 5.97 Å². The van der Waals surface area contributed by atoms with Crippen LogP contribution in [-0.2, 0) is 16.0 Å². The predicted molar refractivity (Wildman–Crippen MR) is 99.3 cm³/mol. The molecular weight excluding hydrogens is 332 g/mol. The number of para-hydroxylation sites is 1. The van der Waals surface area contributed by atoms with Crippen molar-refractivity contribution in [3.05, 3.63) is 64.7 Å². The molecule has 2 aromatic carbocycles. The van der Waals surface area contributed by atoms with Crippen molar-refractivity contribution in [3.8, 4) is 0 Å². The monoisotopic (exact) mass is 354 g/mol. The topological polar surface area (TPSA) is 95.5 Å². The van der Waals surface area contributed by atoms with E-state index in [1.54, 1.807) is 18.2 Å². The van der Waals surface area contributed by atoms with Crippen molar-refractivity contribution >= 4 is 23.5 Å². The van der Waals surface area contributed by atoms with Crippen LogP contribution in [0.1, 0.15) is 33.5 Å². The summed E-state index contributed by atoms with van der Waals surface area (Å²) >= 11 is 0. The average molecular weight is 354 g/mol. The Morgan fingerprint density at radius 2 is 1.58 bits per heavy atom. The number of anilines is 1. The van der Waals surface area contributed by atoms with Crippen molar-refractivity contribution in [1.82, 2.24) is 5.32 Å². The number of carbonyl (C=O) groups is 3. The number of aryl methyl sites for hydroxylation is 3. The number of hydrogen-bond acceptors (Lipinski definition) is 3. The number of carboxylic acids is 1. The molecule has 3 N–H and O–H groups in total. The molecule has 0 fully saturated rings. The van der Waals surface area contributed by atoms with E-state index in [-0.39, 0.29) is 30.3 Å². The van der Waals surface area contributed by atoms with Gasteiger partial charge in [-0.3, -0.25) is 9.59 Å². The summed E-state index contributed by atoms with van der Waals surface area (Å²) in [5, 5.41) is 14.5. The van der Waals surface area contributed by atoms with Gasteiger partial charge < -0.3 is 15.7 Å². The number of aromatic carboxylic acids is 1. The van der Waals surface area contributed by atoms with Crippen LogP contribution in [0.3, 0.4) is 0 Å². The minimum Gasteiger partial charge on any atom is -0.478 e. The fraction of sp³-hybridized carbons (Fsp3) is 0.250. The minimum atomic E-state index is -1.02. The molecule has 6 heteroatoms. The molecule has 0 radical (unpaired) electrons. The summed E-state index contributed by atoms with van der Waals surface area (Å²) in [6, 6.07) is 12.3. The summed E-state index contributed by atoms with van der Waals surface area (Å²) < 4.78 is 0. The Hall–Kier alpha value is -3.15. The van der Waals surface area contributed by atoms with Crippen LogP contribution < -0.4 is 10.6 Å². The molecule has 0 aliphatic heterocycles. The summed E-state index contributed by atoms with van der Waals surface area (Å²) in [4.78, 5) is 35.1. The molecular formula is C20H22N2O4. The molecule has 0 saturated carbocycles. The Balaban J connectivity index is 1.84. The van der Waals surface area contributed by atoms with Crippen molar-refractivity contribution in [3.63, 3.8) is 0 Å². The maximum atomic E-state index is 12.0. The number of carbonyl (C=O) groups excluding carboxylic acids is 2. The lowest BCUT2D eigenvalue weighted by atomic mass is 10.0. The van der Waals surface area contributed by atoms with Crippen LogP contribution in [0.4, 0.5) is 5.69 Å². The van der Waals surface area contributed by atoms with Gasteiger partial charge in [-0.05, 0) is 43.0 Å². The van der Waals surface area contributed by atoms with Gasteiger partial charge in [0.15, 0.2) is 0 Å². The van der Waals surface area contributed by atoms with Crippen LogP contribution in [0.15, 0.2) is 42.5 Å². The molecule has 0 atom stereocenters. The minimum absolute atomic E-state index is 0.112. The summed E-state index contributed by atoms with van der Waals surface area (Å²) in [7, 11) is 0. The Morgan fingerprint density at radius 1 is 0.923 bits per heavy atom. The van der Waals surface area contributed by atoms with Gasteiger partial charge in [0.05, 0.1) is 12.1 Å². The van der Waals surface area contributed by atoms with Gasteiger partial charge in [0, 0.05) is 12.1 Å². The molecule has 136 valence electrons. The first kappa shape index (κ1) is 19.2. The van der Waals surface area contributed by atoms with Gasteiger partial charge >= 0.3 is 5.97 Å². The second-order valence-corrected chi connectivity index (χ2v) is 6.05. The lowest BCUT2D eigenvalue weighted by Crippen LogP contribution is -2.33. The molecule has 0 saturated heterocycles. The van der Waals surface area contributed by atoms with Crippen molar-refractivity contribution in [2.75, 3.05) is 11.9 Å². The standard InChI is InChI=1S/C20H22N2O4/c1-13-6-5-7-14(2)19(13)22-18(24)12-21-17(23)11-10-15-8-3-4-9-16(15)20(25)26/h3-9H,10-12H2,1-2H3,(H,21,23)(H,22,24)(H,25,26). The van der Waals surface area contributed by atoms with E-state index >= 15 is 0 Å². The van der Waals surface area contributed by atoms with Crippen LogP contribution in [-0.4, -0.2) is 29.4 Å². The van der Waals surface area contributed by atoms with Crippen LogP contribution in [0.5, 0.6) is 0 Å². The van der Waals surface area contributed by atoms with E-state index in [0.29, 0.717) is 12.0 Å². The molecule has 2 amide bonds. The van der Waals surface area contributed by atoms with E-state index in [9.17, 15) is 14.4 Å². The first-order chi connectivity index (χ1) is 12.4. The highest BCUT2D eigenvalue weighted by molar-refractivity contribution is 5.95. The maximum Gasteiger partial charge on any atom is 0.335 e. The smallest absolute Gasteiger partial charge is 0.335 e. The molecule has 2 rings (SSSR count). The predicted octanol–water partition coefficient (Wildman–Crippen LogP) is 2.69. The largest absolute Gasteiger partial charge is 0.478 e. The Labute approximate surface area is 152 Å². The van der Waals surface area contributed by atoms with Gasteiger partial charge in [0.1, 0.15) is 0 Å². The van der Waals surface area contributed by atoms with E-state index in [1.165, 1.54) is 6.07 Å². The van der Waals surface area contributed by atoms with Crippen molar-refractivity contribution in [1.29, 1.82) is 0 Å². The summed E-state index contributed by atoms with van der Waals surface area (Å²) in [6.07, 6.45) is 0.411. The van der Waals surface area contributed by atoms with Crippen LogP contribution in [0, 0.1) is 13.8 Å². The van der Waals surface area contributed by atoms with E-state index in [1.807, 2.05) is 32.0 Å². The fourth-order valence-electron chi connectivity index (χ4n) is 2.66. The maximum absolute atomic E-state index is 12.0. The van der Waals surface area contributed by atoms with Gasteiger partial charge in [-0.25, -0.2) is 4.79 Å². The number of hydrogen-bond donors (Lipinski definition) is 3. The molecule has 0 aromatic heterocycles. The third-order valence-electron chi connectivity index (χ3n) is 4.06. The molecule has 0 spiro atoms. The molecule has 0 aliphatic rings. The molecule has 0 heterocycles. The molecule has 6 nitrogen and oxygen atoms in total. The number of rotatable bonds is 7. The van der Waals surface area contributed by atoms with Gasteiger partial charge in [-0.2, -0.15) is 0 Å². The van der Waals surface area contributed by atoms with Crippen LogP contribution in [0.25, 0.3) is 0 Å². The highest BCUT2D eigenvalue weighted by Gasteiger charge is 2.12. The number of nitrogens with one attached hydrogen (secondary N) is 2. The lowest BCUT2D eigenvalue weighted by molar-refractivity contribution is -0.124. The zero-order chi connectivity index (χ0) is 19.1. The van der Waals surface area contributed by atoms with Crippen LogP contribution in [0.2, 0.25) is 0 Å². The van der Waals surface area contributed by atoms with Crippen molar-refractivity contribution in [2.24, 2.45) is 0 Å². The Bertz CT molecular complexity index is 810. The lowest BCUT2D eigenvalue weighted by Gasteiger charge is -2.12. The Kier molecular flexibility index (Phi) is 6.49. The zero-order valence-electron chi connectivity index (χ0n) is 14.8. The number of benzene rings is 2. The third kappa shape index (κ3) is 5.17. The first-order valence-corrected chi connectivity index (χ1v) is 8.32. The average Bonchev–Trinajstić information content (AvgIpc) is 2.61. The van der Waals surface area contributed by atoms with Crippen LogP contribution >= 0.6 is 0 Å². The van der Waals surface area contributed by atoms with E-state index in [4.69, 9.17) is 5.11 Å². The van der Waals surface area contributed by atoms with Gasteiger partial charge in [-0.15, -0.1) is 0 Å². The second-order valence-electron chi connectivity index (χ2n) is 6.05. The number of amides is 2. The SMILES string of the molecule is Cc1cccc(C)c1NC(=O)CNC(=O)CCc1ccccc1C(=O)O. The van der Waals surface area contributed by atoms with Gasteiger partial charge in [0.25, 0.3) is 0 Å². The van der Waals surface area contributed by atoms with Gasteiger partial charge in [0.2, 0.25) is 11.8 Å². The molecule has 26 heavy (non-hydrogen) atoms. The van der Waals surface area contributed by atoms with E-state index in [2.05, 4.69) is 10.6 Å². The molecule has 0 aliphatic carbocycles. The second kappa shape index (κ2) is 8.80. The highest BCUT2D eigenvalue weighted by atomic mass is 16.4. The molecule has 0 unspecified atom stereocenters. The number of carboxylic acid groups (broad SMARTS) is 1.